The predicted octanol–water partition coefficient (Wildman–Crippen LogP) is 2.89. The van der Waals surface area contributed by atoms with Gasteiger partial charge in [-0.1, -0.05) is 0 Å². The first-order chi connectivity index (χ1) is 9.54. The van der Waals surface area contributed by atoms with Gasteiger partial charge in [0.05, 0.1) is 5.69 Å². The Hall–Kier alpha value is -0.590. The van der Waals surface area contributed by atoms with E-state index < -0.39 is 0 Å². The molecule has 1 aliphatic heterocycles. The SMILES string of the molecule is CCN(C(C)=O)c1nc(CNCC2(C)CCCS2)cs1. The van der Waals surface area contributed by atoms with E-state index in [1.807, 2.05) is 12.3 Å². The minimum atomic E-state index is 0.0521. The molecule has 2 heterocycles. The van der Waals surface area contributed by atoms with E-state index in [0.29, 0.717) is 11.3 Å². The van der Waals surface area contributed by atoms with Gasteiger partial charge >= 0.3 is 0 Å². The molecule has 1 amide bonds. The average molecular weight is 313 g/mol. The van der Waals surface area contributed by atoms with Crippen LogP contribution in [0.4, 0.5) is 5.13 Å². The highest BCUT2D eigenvalue weighted by Crippen LogP contribution is 2.37. The average Bonchev–Trinajstić information content (AvgIpc) is 3.00. The van der Waals surface area contributed by atoms with E-state index in [1.54, 1.807) is 23.2 Å². The summed E-state index contributed by atoms with van der Waals surface area (Å²) in [6, 6.07) is 0. The van der Waals surface area contributed by atoms with Gasteiger partial charge in [-0.15, -0.1) is 11.3 Å². The lowest BCUT2D eigenvalue weighted by atomic mass is 10.1. The van der Waals surface area contributed by atoms with E-state index in [9.17, 15) is 4.79 Å². The molecule has 1 unspecified atom stereocenters. The van der Waals surface area contributed by atoms with Crippen LogP contribution in [0.3, 0.4) is 0 Å². The molecule has 0 radical (unpaired) electrons. The van der Waals surface area contributed by atoms with Crippen LogP contribution in [0.1, 0.15) is 39.3 Å². The highest BCUT2D eigenvalue weighted by molar-refractivity contribution is 8.00. The second-order valence-corrected chi connectivity index (χ2v) is 7.91. The normalized spacial score (nSPS) is 22.1. The topological polar surface area (TPSA) is 45.2 Å². The van der Waals surface area contributed by atoms with E-state index in [4.69, 9.17) is 0 Å². The van der Waals surface area contributed by atoms with Crippen molar-refractivity contribution in [2.45, 2.75) is 44.9 Å². The van der Waals surface area contributed by atoms with Crippen LogP contribution < -0.4 is 10.2 Å². The fraction of sp³-hybridized carbons (Fsp3) is 0.714. The number of hydrogen-bond donors (Lipinski definition) is 1. The van der Waals surface area contributed by atoms with Gasteiger partial charge in [0.15, 0.2) is 5.13 Å². The van der Waals surface area contributed by atoms with Crippen LogP contribution in [-0.4, -0.2) is 34.5 Å². The summed E-state index contributed by atoms with van der Waals surface area (Å²) in [4.78, 5) is 17.7. The maximum atomic E-state index is 11.5. The van der Waals surface area contributed by atoms with Crippen LogP contribution in [0.2, 0.25) is 0 Å². The molecule has 20 heavy (non-hydrogen) atoms. The van der Waals surface area contributed by atoms with Gasteiger partial charge in [0, 0.05) is 36.7 Å². The predicted molar refractivity (Wildman–Crippen MR) is 87.6 cm³/mol. The monoisotopic (exact) mass is 313 g/mol. The van der Waals surface area contributed by atoms with Crippen LogP contribution >= 0.6 is 23.1 Å². The van der Waals surface area contributed by atoms with Crippen LogP contribution in [0.15, 0.2) is 5.38 Å². The minimum absolute atomic E-state index is 0.0521. The lowest BCUT2D eigenvalue weighted by molar-refractivity contribution is -0.116. The molecule has 2 rings (SSSR count). The van der Waals surface area contributed by atoms with E-state index in [1.165, 1.54) is 18.6 Å². The van der Waals surface area contributed by atoms with E-state index in [2.05, 4.69) is 29.0 Å². The zero-order valence-electron chi connectivity index (χ0n) is 12.4. The van der Waals surface area contributed by atoms with Gasteiger partial charge in [0.2, 0.25) is 5.91 Å². The summed E-state index contributed by atoms with van der Waals surface area (Å²) in [5.41, 5.74) is 1.02. The highest BCUT2D eigenvalue weighted by Gasteiger charge is 2.28. The Morgan fingerprint density at radius 3 is 3.00 bits per heavy atom. The molecule has 1 atom stereocenters. The summed E-state index contributed by atoms with van der Waals surface area (Å²) in [5.74, 6) is 1.33. The van der Waals surface area contributed by atoms with Gasteiger partial charge < -0.3 is 5.32 Å². The molecular weight excluding hydrogens is 290 g/mol. The first kappa shape index (κ1) is 15.8. The van der Waals surface area contributed by atoms with Crippen molar-refractivity contribution < 1.29 is 4.79 Å². The summed E-state index contributed by atoms with van der Waals surface area (Å²) in [6.07, 6.45) is 2.62. The summed E-state index contributed by atoms with van der Waals surface area (Å²) in [5, 5.41) is 6.35. The highest BCUT2D eigenvalue weighted by atomic mass is 32.2. The van der Waals surface area contributed by atoms with Crippen LogP contribution in [0.25, 0.3) is 0 Å². The molecule has 1 fully saturated rings. The number of aromatic nitrogens is 1. The molecule has 1 aliphatic rings. The van der Waals surface area contributed by atoms with Crippen LogP contribution in [0, 0.1) is 0 Å². The maximum Gasteiger partial charge on any atom is 0.225 e. The van der Waals surface area contributed by atoms with Crippen molar-refractivity contribution in [2.24, 2.45) is 0 Å². The fourth-order valence-electron chi connectivity index (χ4n) is 2.43. The standard InChI is InChI=1S/C14H23N3OS2/c1-4-17(11(2)18)13-16-12(9-19-13)8-15-10-14(3)6-5-7-20-14/h9,15H,4-8,10H2,1-3H3. The van der Waals surface area contributed by atoms with E-state index in [-0.39, 0.29) is 5.91 Å². The number of anilines is 1. The summed E-state index contributed by atoms with van der Waals surface area (Å²) in [7, 11) is 0. The lowest BCUT2D eigenvalue weighted by Gasteiger charge is -2.22. The number of rotatable bonds is 6. The molecule has 0 aliphatic carbocycles. The zero-order chi connectivity index (χ0) is 14.6. The van der Waals surface area contributed by atoms with Crippen molar-refractivity contribution in [3.05, 3.63) is 11.1 Å². The molecule has 0 saturated carbocycles. The Balaban J connectivity index is 1.85. The Labute approximate surface area is 129 Å². The summed E-state index contributed by atoms with van der Waals surface area (Å²) >= 11 is 3.61. The molecule has 0 aromatic carbocycles. The molecule has 0 spiro atoms. The van der Waals surface area contributed by atoms with Crippen molar-refractivity contribution in [1.29, 1.82) is 0 Å². The number of nitrogens with zero attached hydrogens (tertiary/aromatic N) is 2. The van der Waals surface area contributed by atoms with E-state index in [0.717, 1.165) is 23.9 Å². The first-order valence-electron chi connectivity index (χ1n) is 7.11. The van der Waals surface area contributed by atoms with Gasteiger partial charge in [0.1, 0.15) is 0 Å². The number of carbonyl (C=O) groups is 1. The fourth-order valence-corrected chi connectivity index (χ4v) is 4.63. The minimum Gasteiger partial charge on any atom is -0.310 e. The van der Waals surface area contributed by atoms with E-state index >= 15 is 0 Å². The first-order valence-corrected chi connectivity index (χ1v) is 8.98. The van der Waals surface area contributed by atoms with Crippen molar-refractivity contribution in [3.8, 4) is 0 Å². The van der Waals surface area contributed by atoms with Crippen LogP contribution in [-0.2, 0) is 11.3 Å². The number of carbonyl (C=O) groups excluding carboxylic acids is 1. The third-order valence-corrected chi connectivity index (χ3v) is 6.02. The quantitative estimate of drug-likeness (QED) is 0.877. The van der Waals surface area contributed by atoms with Crippen LogP contribution in [0.5, 0.6) is 0 Å². The van der Waals surface area contributed by atoms with Crippen molar-refractivity contribution >= 4 is 34.1 Å². The van der Waals surface area contributed by atoms with Crippen molar-refractivity contribution in [3.63, 3.8) is 0 Å². The number of hydrogen-bond acceptors (Lipinski definition) is 5. The molecule has 1 N–H and O–H groups in total. The maximum absolute atomic E-state index is 11.5. The Morgan fingerprint density at radius 1 is 1.60 bits per heavy atom. The molecule has 1 saturated heterocycles. The Bertz CT molecular complexity index is 455. The molecule has 6 heteroatoms. The van der Waals surface area contributed by atoms with Gasteiger partial charge in [0.25, 0.3) is 0 Å². The Morgan fingerprint density at radius 2 is 2.40 bits per heavy atom. The summed E-state index contributed by atoms with van der Waals surface area (Å²) in [6.45, 7) is 8.36. The number of nitrogens with one attached hydrogen (secondary N) is 1. The Kier molecular flexibility index (Phi) is 5.46. The second kappa shape index (κ2) is 6.91. The van der Waals surface area contributed by atoms with Gasteiger partial charge in [-0.25, -0.2) is 4.98 Å². The molecule has 4 nitrogen and oxygen atoms in total. The lowest BCUT2D eigenvalue weighted by Crippen LogP contribution is -2.32. The number of thiazole rings is 1. The number of thioether (sulfide) groups is 1. The molecular formula is C14H23N3OS2. The third kappa shape index (κ3) is 3.96. The van der Waals surface area contributed by atoms with Crippen molar-refractivity contribution in [1.82, 2.24) is 10.3 Å². The molecule has 112 valence electrons. The molecule has 1 aromatic heterocycles. The van der Waals surface area contributed by atoms with Gasteiger partial charge in [-0.05, 0) is 32.4 Å². The molecule has 1 aromatic rings. The third-order valence-electron chi connectivity index (χ3n) is 3.57. The zero-order valence-corrected chi connectivity index (χ0v) is 14.1. The second-order valence-electron chi connectivity index (χ2n) is 5.39. The van der Waals surface area contributed by atoms with Gasteiger partial charge in [-0.2, -0.15) is 11.8 Å². The smallest absolute Gasteiger partial charge is 0.225 e. The number of amides is 1. The molecule has 0 bridgehead atoms. The summed E-state index contributed by atoms with van der Waals surface area (Å²) < 4.78 is 0.383. The van der Waals surface area contributed by atoms with Gasteiger partial charge in [-0.3, -0.25) is 9.69 Å². The largest absolute Gasteiger partial charge is 0.310 e. The van der Waals surface area contributed by atoms with Crippen molar-refractivity contribution in [2.75, 3.05) is 23.7 Å².